The summed E-state index contributed by atoms with van der Waals surface area (Å²) in [7, 11) is 3.14. The van der Waals surface area contributed by atoms with Gasteiger partial charge in [0.25, 0.3) is 11.1 Å². The van der Waals surface area contributed by atoms with Crippen LogP contribution in [0.2, 0.25) is 0 Å². The van der Waals surface area contributed by atoms with Gasteiger partial charge in [-0.05, 0) is 12.8 Å². The van der Waals surface area contributed by atoms with Crippen LogP contribution >= 0.6 is 53.4 Å². The molecule has 16 heteroatoms. The van der Waals surface area contributed by atoms with Crippen LogP contribution in [-0.2, 0) is 9.47 Å². The molecule has 36 heavy (non-hydrogen) atoms. The molecule has 4 N–H and O–H groups in total. The molecule has 2 fully saturated rings. The summed E-state index contributed by atoms with van der Waals surface area (Å²) in [5, 5.41) is 18.4. The molecule has 4 heterocycles. The number of nitrogens with one attached hydrogen (secondary N) is 2. The van der Waals surface area contributed by atoms with Crippen molar-refractivity contribution in [3.05, 3.63) is 66.2 Å². The average molecular weight is 672 g/mol. The van der Waals surface area contributed by atoms with Crippen LogP contribution in [0.4, 0.5) is 0 Å². The van der Waals surface area contributed by atoms with Crippen molar-refractivity contribution in [2.24, 2.45) is 11.8 Å². The standard InChI is InChI=1S/C20H24Br2N4O8S2/c21-17(29)15-9(5-13(33-15)25-3-1-11(27)23-19(25)31)7-35-36-8-10-6-14(34-16(10)18(22)30)26-4-2-12(28)24-20(26)32/h1-4,9-10,13-18,29-30H,5-8H2,(H,23,27,31)(H,24,28,32)/t9-,10-,13-,14-,15+,16+,17?,18?/m1/s1. The van der Waals surface area contributed by atoms with Crippen LogP contribution < -0.4 is 22.5 Å². The van der Waals surface area contributed by atoms with Crippen LogP contribution in [0.1, 0.15) is 25.3 Å². The molecule has 0 aromatic carbocycles. The maximum atomic E-state index is 12.1. The first-order chi connectivity index (χ1) is 17.1. The molecule has 0 saturated carbocycles. The summed E-state index contributed by atoms with van der Waals surface area (Å²) in [5.74, 6) is 1.07. The van der Waals surface area contributed by atoms with E-state index < -0.39 is 57.2 Å². The van der Waals surface area contributed by atoms with Crippen LogP contribution in [-0.4, -0.2) is 63.1 Å². The Morgan fingerprint density at radius 3 is 1.56 bits per heavy atom. The van der Waals surface area contributed by atoms with E-state index in [0.29, 0.717) is 24.3 Å². The van der Waals surface area contributed by atoms with Crippen LogP contribution in [0.25, 0.3) is 0 Å². The van der Waals surface area contributed by atoms with E-state index in [1.807, 2.05) is 0 Å². The van der Waals surface area contributed by atoms with Gasteiger partial charge in [-0.3, -0.25) is 28.7 Å². The highest BCUT2D eigenvalue weighted by molar-refractivity contribution is 9.09. The molecule has 2 saturated heterocycles. The largest absolute Gasteiger partial charge is 0.379 e. The van der Waals surface area contributed by atoms with Gasteiger partial charge in [-0.2, -0.15) is 0 Å². The average Bonchev–Trinajstić information content (AvgIpc) is 3.41. The Morgan fingerprint density at radius 2 is 1.22 bits per heavy atom. The van der Waals surface area contributed by atoms with Gasteiger partial charge < -0.3 is 19.7 Å². The molecular formula is C20H24Br2N4O8S2. The van der Waals surface area contributed by atoms with E-state index in [0.717, 1.165) is 0 Å². The second-order valence-corrected chi connectivity index (χ2v) is 12.9. The molecule has 2 aliphatic rings. The van der Waals surface area contributed by atoms with Gasteiger partial charge >= 0.3 is 11.4 Å². The highest BCUT2D eigenvalue weighted by Gasteiger charge is 2.41. The zero-order valence-electron chi connectivity index (χ0n) is 18.6. The molecule has 2 aromatic rings. The van der Waals surface area contributed by atoms with Crippen LogP contribution in [0.15, 0.2) is 43.7 Å². The van der Waals surface area contributed by atoms with Crippen molar-refractivity contribution in [3.8, 4) is 0 Å². The maximum absolute atomic E-state index is 12.1. The van der Waals surface area contributed by atoms with Crippen molar-refractivity contribution in [2.45, 2.75) is 47.5 Å². The van der Waals surface area contributed by atoms with Crippen molar-refractivity contribution in [1.82, 2.24) is 19.1 Å². The summed E-state index contributed by atoms with van der Waals surface area (Å²) in [6, 6.07) is 2.49. The zero-order chi connectivity index (χ0) is 26.0. The Labute approximate surface area is 228 Å². The van der Waals surface area contributed by atoms with Crippen molar-refractivity contribution in [1.29, 1.82) is 0 Å². The number of nitrogens with zero attached hydrogens (tertiary/aromatic N) is 2. The minimum atomic E-state index is -0.927. The van der Waals surface area contributed by atoms with Crippen LogP contribution in [0.5, 0.6) is 0 Å². The molecule has 12 nitrogen and oxygen atoms in total. The fourth-order valence-corrected chi connectivity index (χ4v) is 8.26. The molecular weight excluding hydrogens is 648 g/mol. The molecule has 198 valence electrons. The Balaban J connectivity index is 1.34. The van der Waals surface area contributed by atoms with Gasteiger partial charge in [0.2, 0.25) is 0 Å². The highest BCUT2D eigenvalue weighted by Crippen LogP contribution is 2.43. The quantitative estimate of drug-likeness (QED) is 0.169. The number of aliphatic hydroxyl groups excluding tert-OH is 2. The number of rotatable bonds is 9. The molecule has 2 aliphatic heterocycles. The molecule has 2 unspecified atom stereocenters. The number of hydrogen-bond acceptors (Lipinski definition) is 10. The van der Waals surface area contributed by atoms with Gasteiger partial charge in [-0.25, -0.2) is 9.59 Å². The Morgan fingerprint density at radius 1 is 0.833 bits per heavy atom. The molecule has 0 spiro atoms. The third-order valence-electron chi connectivity index (χ3n) is 6.08. The summed E-state index contributed by atoms with van der Waals surface area (Å²) in [5.41, 5.74) is -2.14. The molecule has 4 rings (SSSR count). The first-order valence-electron chi connectivity index (χ1n) is 11.0. The van der Waals surface area contributed by atoms with Crippen molar-refractivity contribution in [2.75, 3.05) is 11.5 Å². The van der Waals surface area contributed by atoms with Crippen LogP contribution in [0.3, 0.4) is 0 Å². The second-order valence-electron chi connectivity index (χ2n) is 8.45. The number of alkyl halides is 2. The number of halogens is 2. The SMILES string of the molecule is O=c1ccn([C@H]2C[C@H](CSSC[C@H]3C[C@H](n4ccc(=O)[nH]c4=O)O[C@@H]3C(O)Br)[C@@H](C(O)Br)O2)c(=O)[nH]1. The zero-order valence-corrected chi connectivity index (χ0v) is 23.4. The van der Waals surface area contributed by atoms with E-state index in [1.165, 1.54) is 33.7 Å². The van der Waals surface area contributed by atoms with E-state index in [9.17, 15) is 29.4 Å². The lowest BCUT2D eigenvalue weighted by Gasteiger charge is -2.21. The van der Waals surface area contributed by atoms with Gasteiger partial charge in [0, 0.05) is 47.9 Å². The first-order valence-corrected chi connectivity index (χ1v) is 15.3. The molecule has 0 bridgehead atoms. The predicted octanol–water partition coefficient (Wildman–Crippen LogP) is 0.702. The molecule has 0 radical (unpaired) electrons. The van der Waals surface area contributed by atoms with E-state index >= 15 is 0 Å². The van der Waals surface area contributed by atoms with E-state index in [1.54, 1.807) is 21.6 Å². The van der Waals surface area contributed by atoms with E-state index in [-0.39, 0.29) is 11.8 Å². The number of H-pyrrole nitrogens is 2. The van der Waals surface area contributed by atoms with Gasteiger partial charge in [-0.1, -0.05) is 53.4 Å². The van der Waals surface area contributed by atoms with Crippen LogP contribution in [0, 0.1) is 11.8 Å². The number of aromatic nitrogens is 4. The van der Waals surface area contributed by atoms with Crippen molar-refractivity contribution >= 4 is 53.4 Å². The monoisotopic (exact) mass is 670 g/mol. The summed E-state index contributed by atoms with van der Waals surface area (Å²) in [4.78, 5) is 51.4. The third kappa shape index (κ3) is 6.46. The molecule has 8 atom stereocenters. The Kier molecular flexibility index (Phi) is 9.41. The summed E-state index contributed by atoms with van der Waals surface area (Å²) >= 11 is 6.33. The Bertz CT molecular complexity index is 1180. The lowest BCUT2D eigenvalue weighted by molar-refractivity contribution is -0.0394. The second kappa shape index (κ2) is 12.1. The fraction of sp³-hybridized carbons (Fsp3) is 0.600. The molecule has 0 aliphatic carbocycles. The summed E-state index contributed by atoms with van der Waals surface area (Å²) in [6.07, 6.45) is 1.37. The topological polar surface area (TPSA) is 169 Å². The number of aliphatic hydroxyl groups is 2. The summed E-state index contributed by atoms with van der Waals surface area (Å²) in [6.45, 7) is 0. The van der Waals surface area contributed by atoms with Gasteiger partial charge in [-0.15, -0.1) is 0 Å². The minimum absolute atomic E-state index is 0.0782. The fourth-order valence-electron chi connectivity index (χ4n) is 4.32. The predicted molar refractivity (Wildman–Crippen MR) is 141 cm³/mol. The number of hydrogen-bond donors (Lipinski definition) is 4. The van der Waals surface area contributed by atoms with Gasteiger partial charge in [0.05, 0.1) is 12.2 Å². The normalized spacial score (nSPS) is 29.9. The first kappa shape index (κ1) is 27.9. The van der Waals surface area contributed by atoms with Crippen molar-refractivity contribution < 1.29 is 19.7 Å². The maximum Gasteiger partial charge on any atom is 0.330 e. The number of ether oxygens (including phenoxy) is 2. The van der Waals surface area contributed by atoms with E-state index in [4.69, 9.17) is 9.47 Å². The Hall–Kier alpha value is -1.14. The lowest BCUT2D eigenvalue weighted by Crippen LogP contribution is -2.32. The molecule has 0 amide bonds. The summed E-state index contributed by atoms with van der Waals surface area (Å²) < 4.78 is 14.4. The van der Waals surface area contributed by atoms with E-state index in [2.05, 4.69) is 41.8 Å². The molecule has 2 aromatic heterocycles. The lowest BCUT2D eigenvalue weighted by atomic mass is 10.0. The smallest absolute Gasteiger partial charge is 0.330 e. The van der Waals surface area contributed by atoms with Gasteiger partial charge in [0.15, 0.2) is 0 Å². The highest BCUT2D eigenvalue weighted by atomic mass is 79.9. The third-order valence-corrected chi connectivity index (χ3v) is 9.73. The minimum Gasteiger partial charge on any atom is -0.379 e. The van der Waals surface area contributed by atoms with Crippen molar-refractivity contribution in [3.63, 3.8) is 0 Å². The number of aromatic amines is 2. The van der Waals surface area contributed by atoms with Gasteiger partial charge in [0.1, 0.15) is 22.5 Å².